The van der Waals surface area contributed by atoms with E-state index in [0.717, 1.165) is 19.3 Å². The SMILES string of the molecule is C=C[C@H](C#CC#CC[C@@H](O[Si](C)(C)C(C)(C)C)[C@H](O)CCCCCCC)O[Si](C)(C)C(C)(C)C. The van der Waals surface area contributed by atoms with Gasteiger partial charge in [-0.2, -0.15) is 0 Å². The Labute approximate surface area is 214 Å². The van der Waals surface area contributed by atoms with Crippen molar-refractivity contribution in [2.75, 3.05) is 0 Å². The topological polar surface area (TPSA) is 38.7 Å². The summed E-state index contributed by atoms with van der Waals surface area (Å²) in [4.78, 5) is 0. The van der Waals surface area contributed by atoms with Crippen LogP contribution in [-0.4, -0.2) is 40.1 Å². The molecule has 5 heteroatoms. The number of aliphatic hydroxyl groups excluding tert-OH is 1. The molecule has 196 valence electrons. The zero-order valence-electron chi connectivity index (χ0n) is 24.2. The maximum absolute atomic E-state index is 10.9. The van der Waals surface area contributed by atoms with E-state index in [0.29, 0.717) is 6.42 Å². The van der Waals surface area contributed by atoms with Crippen molar-refractivity contribution in [2.45, 2.75) is 148 Å². The van der Waals surface area contributed by atoms with Crippen LogP contribution < -0.4 is 0 Å². The van der Waals surface area contributed by atoms with Crippen molar-refractivity contribution < 1.29 is 14.0 Å². The van der Waals surface area contributed by atoms with Crippen LogP contribution in [0.5, 0.6) is 0 Å². The van der Waals surface area contributed by atoms with Gasteiger partial charge in [-0.15, -0.1) is 0 Å². The van der Waals surface area contributed by atoms with Gasteiger partial charge in [0, 0.05) is 6.42 Å². The minimum Gasteiger partial charge on any atom is -0.410 e. The molecule has 0 aromatic heterocycles. The maximum atomic E-state index is 10.9. The molecule has 0 unspecified atom stereocenters. The van der Waals surface area contributed by atoms with Crippen LogP contribution in [0.15, 0.2) is 12.7 Å². The minimum absolute atomic E-state index is 0.0809. The predicted octanol–water partition coefficient (Wildman–Crippen LogP) is 8.07. The number of rotatable bonds is 13. The Kier molecular flexibility index (Phi) is 14.3. The molecule has 0 saturated heterocycles. The molecule has 3 atom stereocenters. The summed E-state index contributed by atoms with van der Waals surface area (Å²) in [6.45, 7) is 28.3. The molecule has 0 aliphatic carbocycles. The second-order valence-corrected chi connectivity index (χ2v) is 22.0. The zero-order chi connectivity index (χ0) is 26.6. The van der Waals surface area contributed by atoms with Crippen LogP contribution in [0.1, 0.15) is 93.4 Å². The molecule has 3 nitrogen and oxygen atoms in total. The van der Waals surface area contributed by atoms with Crippen LogP contribution in [0, 0.1) is 23.7 Å². The number of hydrogen-bond donors (Lipinski definition) is 1. The average Bonchev–Trinajstić information content (AvgIpc) is 2.69. The van der Waals surface area contributed by atoms with Gasteiger partial charge >= 0.3 is 0 Å². The highest BCUT2D eigenvalue weighted by Gasteiger charge is 2.40. The lowest BCUT2D eigenvalue weighted by Gasteiger charge is -2.40. The molecule has 0 spiro atoms. The Bertz CT molecular complexity index is 721. The fourth-order valence-electron chi connectivity index (χ4n) is 2.89. The Morgan fingerprint density at radius 1 is 0.853 bits per heavy atom. The molecule has 0 bridgehead atoms. The van der Waals surface area contributed by atoms with Crippen LogP contribution in [0.2, 0.25) is 36.3 Å². The molecule has 0 saturated carbocycles. The highest BCUT2D eigenvalue weighted by atomic mass is 28.4. The number of unbranched alkanes of at least 4 members (excludes halogenated alkanes) is 4. The quantitative estimate of drug-likeness (QED) is 0.119. The van der Waals surface area contributed by atoms with Gasteiger partial charge in [-0.25, -0.2) is 0 Å². The Morgan fingerprint density at radius 3 is 1.88 bits per heavy atom. The monoisotopic (exact) mass is 506 g/mol. The van der Waals surface area contributed by atoms with E-state index in [1.165, 1.54) is 19.3 Å². The normalized spacial score (nSPS) is 15.4. The highest BCUT2D eigenvalue weighted by molar-refractivity contribution is 6.74. The van der Waals surface area contributed by atoms with Crippen LogP contribution in [0.4, 0.5) is 0 Å². The Hall–Kier alpha value is -0.826. The lowest BCUT2D eigenvalue weighted by Crippen LogP contribution is -2.47. The lowest BCUT2D eigenvalue weighted by atomic mass is 10.0. The molecular formula is C29H54O3Si2. The van der Waals surface area contributed by atoms with Gasteiger partial charge in [-0.05, 0) is 54.5 Å². The summed E-state index contributed by atoms with van der Waals surface area (Å²) in [5.41, 5.74) is 0. The number of hydrogen-bond acceptors (Lipinski definition) is 3. The summed E-state index contributed by atoms with van der Waals surface area (Å²) < 4.78 is 12.9. The van der Waals surface area contributed by atoms with E-state index in [1.54, 1.807) is 6.08 Å². The maximum Gasteiger partial charge on any atom is 0.194 e. The van der Waals surface area contributed by atoms with Gasteiger partial charge in [-0.3, -0.25) is 0 Å². The first-order valence-electron chi connectivity index (χ1n) is 13.1. The zero-order valence-corrected chi connectivity index (χ0v) is 26.2. The third kappa shape index (κ3) is 12.2. The van der Waals surface area contributed by atoms with Crippen molar-refractivity contribution in [3.05, 3.63) is 12.7 Å². The Morgan fingerprint density at radius 2 is 1.38 bits per heavy atom. The fraction of sp³-hybridized carbons (Fsp3) is 0.793. The second kappa shape index (κ2) is 14.7. The van der Waals surface area contributed by atoms with Gasteiger partial charge in [-0.1, -0.05) is 105 Å². The van der Waals surface area contributed by atoms with Gasteiger partial charge in [0.2, 0.25) is 0 Å². The highest BCUT2D eigenvalue weighted by Crippen LogP contribution is 2.38. The summed E-state index contributed by atoms with van der Waals surface area (Å²) in [5, 5.41) is 11.1. The predicted molar refractivity (Wildman–Crippen MR) is 154 cm³/mol. The van der Waals surface area contributed by atoms with E-state index in [9.17, 15) is 5.11 Å². The van der Waals surface area contributed by atoms with E-state index in [2.05, 4.69) is 105 Å². The van der Waals surface area contributed by atoms with Crippen molar-refractivity contribution in [1.29, 1.82) is 0 Å². The first-order chi connectivity index (χ1) is 15.5. The third-order valence-electron chi connectivity index (χ3n) is 7.40. The summed E-state index contributed by atoms with van der Waals surface area (Å²) in [6, 6.07) is 0. The van der Waals surface area contributed by atoms with E-state index >= 15 is 0 Å². The van der Waals surface area contributed by atoms with E-state index < -0.39 is 22.7 Å². The second-order valence-electron chi connectivity index (χ2n) is 12.5. The molecular weight excluding hydrogens is 452 g/mol. The molecule has 1 N–H and O–H groups in total. The van der Waals surface area contributed by atoms with Crippen molar-refractivity contribution in [2.24, 2.45) is 0 Å². The van der Waals surface area contributed by atoms with Crippen molar-refractivity contribution in [3.8, 4) is 23.7 Å². The smallest absolute Gasteiger partial charge is 0.194 e. The Balaban J connectivity index is 5.30. The van der Waals surface area contributed by atoms with Gasteiger partial charge in [0.05, 0.1) is 12.2 Å². The molecule has 0 aliphatic rings. The molecule has 0 fully saturated rings. The van der Waals surface area contributed by atoms with E-state index in [4.69, 9.17) is 8.85 Å². The molecule has 34 heavy (non-hydrogen) atoms. The van der Waals surface area contributed by atoms with Crippen molar-refractivity contribution in [3.63, 3.8) is 0 Å². The van der Waals surface area contributed by atoms with Gasteiger partial charge in [0.1, 0.15) is 6.10 Å². The lowest BCUT2D eigenvalue weighted by molar-refractivity contribution is 0.0239. The van der Waals surface area contributed by atoms with Crippen molar-refractivity contribution >= 4 is 16.6 Å². The first-order valence-corrected chi connectivity index (χ1v) is 18.9. The van der Waals surface area contributed by atoms with E-state index in [-0.39, 0.29) is 22.3 Å². The minimum atomic E-state index is -2.02. The summed E-state index contributed by atoms with van der Waals surface area (Å²) in [6.07, 6.45) is 7.80. The van der Waals surface area contributed by atoms with Gasteiger partial charge in [0.25, 0.3) is 0 Å². The molecule has 0 aromatic rings. The summed E-state index contributed by atoms with van der Waals surface area (Å²) >= 11 is 0. The van der Waals surface area contributed by atoms with Gasteiger partial charge in [0.15, 0.2) is 16.6 Å². The largest absolute Gasteiger partial charge is 0.410 e. The van der Waals surface area contributed by atoms with Crippen LogP contribution in [-0.2, 0) is 8.85 Å². The van der Waals surface area contributed by atoms with Gasteiger partial charge < -0.3 is 14.0 Å². The van der Waals surface area contributed by atoms with Crippen LogP contribution in [0.25, 0.3) is 0 Å². The summed E-state index contributed by atoms with van der Waals surface area (Å²) in [5.74, 6) is 12.2. The molecule has 0 aromatic carbocycles. The molecule has 0 rings (SSSR count). The van der Waals surface area contributed by atoms with Crippen LogP contribution >= 0.6 is 0 Å². The molecule has 0 amide bonds. The summed E-state index contributed by atoms with van der Waals surface area (Å²) in [7, 11) is -3.95. The van der Waals surface area contributed by atoms with Crippen LogP contribution in [0.3, 0.4) is 0 Å². The third-order valence-corrected chi connectivity index (χ3v) is 16.4. The standard InChI is InChI=1S/C29H54O3Si2/c1-13-15-16-17-20-23-26(30)27(32-34(11,12)29(6,7)8)24-21-18-19-22-25(14-2)31-33(9,10)28(3,4)5/h14,25-27,30H,2,13,15-17,20,23-24H2,1,3-12H3/t25-,26-,27-/m1/s1. The molecule has 0 heterocycles. The number of aliphatic hydroxyl groups is 1. The average molecular weight is 507 g/mol. The first kappa shape index (κ1) is 33.2. The van der Waals surface area contributed by atoms with Crippen molar-refractivity contribution in [1.82, 2.24) is 0 Å². The molecule has 0 radical (unpaired) electrons. The van der Waals surface area contributed by atoms with E-state index in [1.807, 2.05) is 0 Å². The fourth-order valence-corrected chi connectivity index (χ4v) is 5.38. The molecule has 0 aliphatic heterocycles.